The smallest absolute Gasteiger partial charge is 0.273 e. The molecule has 120 valence electrons. The molecule has 1 aliphatic heterocycles. The first kappa shape index (κ1) is 17.1. The van der Waals surface area contributed by atoms with Crippen molar-refractivity contribution in [3.05, 3.63) is 33.4 Å². The van der Waals surface area contributed by atoms with E-state index >= 15 is 0 Å². The Morgan fingerprint density at radius 2 is 1.77 bits per heavy atom. The molecule has 0 unspecified atom stereocenters. The summed E-state index contributed by atoms with van der Waals surface area (Å²) in [5.41, 5.74) is 0.510. The van der Waals surface area contributed by atoms with Crippen molar-refractivity contribution in [2.24, 2.45) is 0 Å². The summed E-state index contributed by atoms with van der Waals surface area (Å²) in [6.45, 7) is 9.14. The fourth-order valence-electron chi connectivity index (χ4n) is 2.97. The number of aromatic amines is 1. The van der Waals surface area contributed by atoms with Crippen molar-refractivity contribution in [1.29, 1.82) is 0 Å². The molecular weight excluding hydrogens is 344 g/mol. The molecule has 3 heterocycles. The first-order valence-corrected chi connectivity index (χ1v) is 8.26. The molecule has 0 bridgehead atoms. The lowest BCUT2D eigenvalue weighted by molar-refractivity contribution is 0.183. The SMILES string of the molecule is CC1(C)CCCC(C)(C)N1.O=c1[nH]ncc2cc(Br)ncc12. The van der Waals surface area contributed by atoms with Gasteiger partial charge in [0.15, 0.2) is 0 Å². The zero-order valence-electron chi connectivity index (χ0n) is 13.5. The van der Waals surface area contributed by atoms with Crippen molar-refractivity contribution < 1.29 is 0 Å². The molecule has 0 aliphatic carbocycles. The van der Waals surface area contributed by atoms with E-state index in [0.717, 1.165) is 5.39 Å². The van der Waals surface area contributed by atoms with Crippen LogP contribution in [0, 0.1) is 0 Å². The van der Waals surface area contributed by atoms with Gasteiger partial charge < -0.3 is 5.32 Å². The molecule has 0 amide bonds. The van der Waals surface area contributed by atoms with Gasteiger partial charge in [-0.3, -0.25) is 4.79 Å². The summed E-state index contributed by atoms with van der Waals surface area (Å²) >= 11 is 3.21. The number of hydrogen-bond acceptors (Lipinski definition) is 4. The number of hydrogen-bond donors (Lipinski definition) is 2. The molecule has 6 heteroatoms. The summed E-state index contributed by atoms with van der Waals surface area (Å²) in [5, 5.41) is 11.0. The Morgan fingerprint density at radius 1 is 1.14 bits per heavy atom. The van der Waals surface area contributed by atoms with Gasteiger partial charge in [0, 0.05) is 22.7 Å². The highest BCUT2D eigenvalue weighted by atomic mass is 79.9. The Labute approximate surface area is 139 Å². The van der Waals surface area contributed by atoms with Gasteiger partial charge in [-0.25, -0.2) is 10.1 Å². The lowest BCUT2D eigenvalue weighted by Gasteiger charge is -2.42. The van der Waals surface area contributed by atoms with Crippen LogP contribution < -0.4 is 10.9 Å². The average molecular weight is 367 g/mol. The molecule has 0 radical (unpaired) electrons. The highest BCUT2D eigenvalue weighted by molar-refractivity contribution is 9.10. The third-order valence-corrected chi connectivity index (χ3v) is 4.23. The summed E-state index contributed by atoms with van der Waals surface area (Å²) in [5.74, 6) is 0. The Hall–Kier alpha value is -1.27. The Kier molecular flexibility index (Phi) is 5.02. The molecule has 0 spiro atoms. The Balaban J connectivity index is 0.000000164. The fraction of sp³-hybridized carbons (Fsp3) is 0.562. The third-order valence-electron chi connectivity index (χ3n) is 3.80. The maximum Gasteiger partial charge on any atom is 0.273 e. The molecule has 5 nitrogen and oxygen atoms in total. The second-order valence-electron chi connectivity index (χ2n) is 7.04. The van der Waals surface area contributed by atoms with Crippen molar-refractivity contribution in [2.45, 2.75) is 58.0 Å². The molecule has 22 heavy (non-hydrogen) atoms. The highest BCUT2D eigenvalue weighted by Gasteiger charge is 2.31. The van der Waals surface area contributed by atoms with E-state index < -0.39 is 0 Å². The van der Waals surface area contributed by atoms with E-state index in [9.17, 15) is 4.79 Å². The number of nitrogens with zero attached hydrogens (tertiary/aromatic N) is 2. The van der Waals surface area contributed by atoms with E-state index in [1.54, 1.807) is 12.3 Å². The summed E-state index contributed by atoms with van der Waals surface area (Å²) < 4.78 is 0.697. The summed E-state index contributed by atoms with van der Waals surface area (Å²) in [6.07, 6.45) is 7.10. The predicted molar refractivity (Wildman–Crippen MR) is 93.0 cm³/mol. The topological polar surface area (TPSA) is 70.7 Å². The van der Waals surface area contributed by atoms with Gasteiger partial charge in [0.25, 0.3) is 5.56 Å². The number of H-pyrrole nitrogens is 1. The van der Waals surface area contributed by atoms with E-state index in [2.05, 4.69) is 64.1 Å². The Bertz CT molecular complexity index is 695. The summed E-state index contributed by atoms with van der Waals surface area (Å²) in [4.78, 5) is 15.1. The molecule has 2 aromatic rings. The molecular formula is C16H23BrN4O. The van der Waals surface area contributed by atoms with E-state index in [0.29, 0.717) is 21.1 Å². The predicted octanol–water partition coefficient (Wildman–Crippen LogP) is 3.40. The van der Waals surface area contributed by atoms with Gasteiger partial charge in [0.2, 0.25) is 0 Å². The second kappa shape index (κ2) is 6.46. The first-order valence-electron chi connectivity index (χ1n) is 7.47. The van der Waals surface area contributed by atoms with E-state index in [-0.39, 0.29) is 5.56 Å². The Morgan fingerprint density at radius 3 is 2.32 bits per heavy atom. The zero-order valence-corrected chi connectivity index (χ0v) is 15.1. The van der Waals surface area contributed by atoms with Gasteiger partial charge in [-0.1, -0.05) is 0 Å². The number of pyridine rings is 1. The van der Waals surface area contributed by atoms with Crippen LogP contribution in [0.5, 0.6) is 0 Å². The maximum atomic E-state index is 11.1. The number of halogens is 1. The molecule has 3 rings (SSSR count). The van der Waals surface area contributed by atoms with E-state index in [1.165, 1.54) is 25.5 Å². The first-order chi connectivity index (χ1) is 10.2. The van der Waals surface area contributed by atoms with Gasteiger partial charge in [0.05, 0.1) is 11.6 Å². The number of nitrogens with one attached hydrogen (secondary N) is 2. The van der Waals surface area contributed by atoms with Crippen LogP contribution in [-0.2, 0) is 0 Å². The number of fused-ring (bicyclic) bond motifs is 1. The molecule has 0 atom stereocenters. The van der Waals surface area contributed by atoms with Crippen LogP contribution in [0.15, 0.2) is 27.9 Å². The van der Waals surface area contributed by atoms with Crippen molar-refractivity contribution in [1.82, 2.24) is 20.5 Å². The van der Waals surface area contributed by atoms with Gasteiger partial charge in [-0.2, -0.15) is 5.10 Å². The highest BCUT2D eigenvalue weighted by Crippen LogP contribution is 2.27. The van der Waals surface area contributed by atoms with Crippen LogP contribution in [0.4, 0.5) is 0 Å². The minimum atomic E-state index is -0.215. The second-order valence-corrected chi connectivity index (χ2v) is 7.85. The summed E-state index contributed by atoms with van der Waals surface area (Å²) in [6, 6.07) is 1.75. The monoisotopic (exact) mass is 366 g/mol. The number of aromatic nitrogens is 3. The molecule has 1 aliphatic rings. The van der Waals surface area contributed by atoms with Crippen molar-refractivity contribution in [3.8, 4) is 0 Å². The fourth-order valence-corrected chi connectivity index (χ4v) is 3.32. The van der Waals surface area contributed by atoms with Crippen LogP contribution >= 0.6 is 15.9 Å². The standard InChI is InChI=1S/C9H19N.C7H4BrN3O/c1-8(2)6-5-7-9(3,4)10-8;8-6-1-4-2-10-11-7(12)5(4)3-9-6/h10H,5-7H2,1-4H3;1-3H,(H,11,12). The maximum absolute atomic E-state index is 11.1. The average Bonchev–Trinajstić information content (AvgIpc) is 2.36. The third kappa shape index (κ3) is 4.61. The van der Waals surface area contributed by atoms with E-state index in [1.807, 2.05) is 0 Å². The zero-order chi connectivity index (χ0) is 16.4. The molecule has 0 aromatic carbocycles. The molecule has 2 aromatic heterocycles. The summed E-state index contributed by atoms with van der Waals surface area (Å²) in [7, 11) is 0. The lowest BCUT2D eigenvalue weighted by atomic mass is 9.83. The van der Waals surface area contributed by atoms with Crippen LogP contribution in [0.1, 0.15) is 47.0 Å². The van der Waals surface area contributed by atoms with Gasteiger partial charge >= 0.3 is 0 Å². The molecule has 1 fully saturated rings. The van der Waals surface area contributed by atoms with Crippen LogP contribution in [0.25, 0.3) is 10.8 Å². The minimum absolute atomic E-state index is 0.215. The van der Waals surface area contributed by atoms with Gasteiger partial charge in [0.1, 0.15) is 4.60 Å². The van der Waals surface area contributed by atoms with Gasteiger partial charge in [-0.15, -0.1) is 0 Å². The van der Waals surface area contributed by atoms with Crippen molar-refractivity contribution >= 4 is 26.7 Å². The number of rotatable bonds is 0. The molecule has 0 saturated carbocycles. The number of piperidine rings is 1. The van der Waals surface area contributed by atoms with Crippen LogP contribution in [-0.4, -0.2) is 26.3 Å². The normalized spacial score (nSPS) is 19.3. The van der Waals surface area contributed by atoms with Crippen LogP contribution in [0.2, 0.25) is 0 Å². The molecule has 1 saturated heterocycles. The molecule has 2 N–H and O–H groups in total. The quantitative estimate of drug-likeness (QED) is 0.701. The lowest BCUT2D eigenvalue weighted by Crippen LogP contribution is -2.55. The van der Waals surface area contributed by atoms with Crippen molar-refractivity contribution in [2.75, 3.05) is 0 Å². The van der Waals surface area contributed by atoms with Crippen molar-refractivity contribution in [3.63, 3.8) is 0 Å². The largest absolute Gasteiger partial charge is 0.307 e. The van der Waals surface area contributed by atoms with Crippen LogP contribution in [0.3, 0.4) is 0 Å². The van der Waals surface area contributed by atoms with Gasteiger partial charge in [-0.05, 0) is 69.0 Å². The van der Waals surface area contributed by atoms with E-state index in [4.69, 9.17) is 0 Å². The minimum Gasteiger partial charge on any atom is -0.307 e.